The Kier molecular flexibility index (Phi) is 6.63. The van der Waals surface area contributed by atoms with E-state index in [4.69, 9.17) is 28.2 Å². The predicted octanol–water partition coefficient (Wildman–Crippen LogP) is 5.88. The summed E-state index contributed by atoms with van der Waals surface area (Å²) < 4.78 is 18.8. The largest absolute Gasteiger partial charge is 0.467 e. The number of hydrogen-bond donors (Lipinski definition) is 1. The molecule has 2 rings (SSSR count). The second-order valence-electron chi connectivity index (χ2n) is 6.13. The minimum Gasteiger partial charge on any atom is -0.467 e. The van der Waals surface area contributed by atoms with Crippen molar-refractivity contribution in [2.24, 2.45) is 5.92 Å². The predicted molar refractivity (Wildman–Crippen MR) is 101 cm³/mol. The van der Waals surface area contributed by atoms with E-state index in [1.807, 2.05) is 19.1 Å². The Balaban J connectivity index is 2.15. The van der Waals surface area contributed by atoms with Crippen LogP contribution in [0.2, 0.25) is 5.02 Å². The minimum absolute atomic E-state index is 0.00493. The van der Waals surface area contributed by atoms with Crippen LogP contribution in [0, 0.1) is 11.7 Å². The molecule has 0 amide bonds. The summed E-state index contributed by atoms with van der Waals surface area (Å²) in [5.41, 5.74) is 0.660. The highest BCUT2D eigenvalue weighted by Gasteiger charge is 2.21. The van der Waals surface area contributed by atoms with E-state index in [-0.39, 0.29) is 11.1 Å². The van der Waals surface area contributed by atoms with Gasteiger partial charge in [-0.1, -0.05) is 25.4 Å². The lowest BCUT2D eigenvalue weighted by Gasteiger charge is -2.31. The average Bonchev–Trinajstić information content (AvgIpc) is 3.05. The van der Waals surface area contributed by atoms with Gasteiger partial charge in [0.2, 0.25) is 0 Å². The summed E-state index contributed by atoms with van der Waals surface area (Å²) in [6.45, 7) is 7.18. The molecule has 0 aliphatic rings. The SMILES string of the molecule is CC(C)CCN(C(=S)Nc1ccc(F)c(Cl)c1)[C@@H](C)c1ccco1. The van der Waals surface area contributed by atoms with Gasteiger partial charge in [0.05, 0.1) is 17.3 Å². The third kappa shape index (κ3) is 4.95. The van der Waals surface area contributed by atoms with Crippen molar-refractivity contribution in [2.75, 3.05) is 11.9 Å². The molecule has 0 radical (unpaired) electrons. The normalized spacial score (nSPS) is 12.2. The standard InChI is InChI=1S/C18H22ClFN2OS/c1-12(2)8-9-22(13(3)17-5-4-10-23-17)18(24)21-14-6-7-16(20)15(19)11-14/h4-7,10-13H,8-9H2,1-3H3,(H,21,24)/t13-/m0/s1. The fourth-order valence-corrected chi connectivity index (χ4v) is 2.87. The fraction of sp³-hybridized carbons (Fsp3) is 0.389. The number of nitrogens with one attached hydrogen (secondary N) is 1. The van der Waals surface area contributed by atoms with Gasteiger partial charge in [-0.25, -0.2) is 4.39 Å². The molecule has 1 aromatic heterocycles. The van der Waals surface area contributed by atoms with E-state index in [1.165, 1.54) is 12.1 Å². The first-order valence-corrected chi connectivity index (χ1v) is 8.73. The first-order valence-electron chi connectivity index (χ1n) is 7.94. The number of benzene rings is 1. The second-order valence-corrected chi connectivity index (χ2v) is 6.92. The lowest BCUT2D eigenvalue weighted by Crippen LogP contribution is -2.38. The first kappa shape index (κ1) is 18.7. The van der Waals surface area contributed by atoms with Gasteiger partial charge in [0.15, 0.2) is 5.11 Å². The van der Waals surface area contributed by atoms with Gasteiger partial charge >= 0.3 is 0 Å². The summed E-state index contributed by atoms with van der Waals surface area (Å²) in [4.78, 5) is 2.07. The maximum atomic E-state index is 13.3. The molecule has 1 aromatic carbocycles. The summed E-state index contributed by atoms with van der Waals surface area (Å²) in [5.74, 6) is 0.952. The molecule has 0 fully saturated rings. The fourth-order valence-electron chi connectivity index (χ4n) is 2.32. The van der Waals surface area contributed by atoms with Crippen LogP contribution in [0.4, 0.5) is 10.1 Å². The molecule has 0 saturated carbocycles. The van der Waals surface area contributed by atoms with Crippen molar-refractivity contribution in [3.05, 3.63) is 53.2 Å². The molecule has 0 saturated heterocycles. The molecule has 0 spiro atoms. The third-order valence-electron chi connectivity index (χ3n) is 3.80. The zero-order chi connectivity index (χ0) is 17.7. The minimum atomic E-state index is -0.450. The molecule has 6 heteroatoms. The number of anilines is 1. The Morgan fingerprint density at radius 2 is 2.08 bits per heavy atom. The molecule has 1 N–H and O–H groups in total. The number of rotatable bonds is 6. The van der Waals surface area contributed by atoms with E-state index in [1.54, 1.807) is 12.3 Å². The zero-order valence-corrected chi connectivity index (χ0v) is 15.6. The molecule has 0 aliphatic carbocycles. The van der Waals surface area contributed by atoms with E-state index < -0.39 is 5.82 Å². The molecule has 0 unspecified atom stereocenters. The topological polar surface area (TPSA) is 28.4 Å². The van der Waals surface area contributed by atoms with Crippen molar-refractivity contribution in [2.45, 2.75) is 33.2 Å². The molecule has 130 valence electrons. The maximum Gasteiger partial charge on any atom is 0.174 e. The Morgan fingerprint density at radius 1 is 1.33 bits per heavy atom. The highest BCUT2D eigenvalue weighted by molar-refractivity contribution is 7.80. The summed E-state index contributed by atoms with van der Waals surface area (Å²) in [6, 6.07) is 8.26. The number of halogens is 2. The smallest absolute Gasteiger partial charge is 0.174 e. The second kappa shape index (κ2) is 8.49. The molecule has 24 heavy (non-hydrogen) atoms. The molecule has 0 bridgehead atoms. The molecule has 3 nitrogen and oxygen atoms in total. The third-order valence-corrected chi connectivity index (χ3v) is 4.43. The Bertz CT molecular complexity index is 676. The van der Waals surface area contributed by atoms with E-state index in [0.717, 1.165) is 18.7 Å². The van der Waals surface area contributed by atoms with E-state index in [0.29, 0.717) is 16.7 Å². The van der Waals surface area contributed by atoms with E-state index >= 15 is 0 Å². The molecule has 1 atom stereocenters. The van der Waals surface area contributed by atoms with Gasteiger partial charge in [0, 0.05) is 12.2 Å². The Hall–Kier alpha value is -1.59. The highest BCUT2D eigenvalue weighted by atomic mass is 35.5. The lowest BCUT2D eigenvalue weighted by molar-refractivity contribution is 0.281. The van der Waals surface area contributed by atoms with Crippen molar-refractivity contribution in [3.8, 4) is 0 Å². The van der Waals surface area contributed by atoms with Crippen molar-refractivity contribution in [1.29, 1.82) is 0 Å². The van der Waals surface area contributed by atoms with Crippen molar-refractivity contribution >= 4 is 34.6 Å². The van der Waals surface area contributed by atoms with Crippen LogP contribution in [0.25, 0.3) is 0 Å². The quantitative estimate of drug-likeness (QED) is 0.644. The molecule has 1 heterocycles. The molecule has 2 aromatic rings. The van der Waals surface area contributed by atoms with Crippen LogP contribution >= 0.6 is 23.8 Å². The van der Waals surface area contributed by atoms with Crippen molar-refractivity contribution in [1.82, 2.24) is 4.90 Å². The monoisotopic (exact) mass is 368 g/mol. The van der Waals surface area contributed by atoms with Crippen LogP contribution in [0.3, 0.4) is 0 Å². The van der Waals surface area contributed by atoms with Gasteiger partial charge in [0.25, 0.3) is 0 Å². The highest BCUT2D eigenvalue weighted by Crippen LogP contribution is 2.24. The Morgan fingerprint density at radius 3 is 2.67 bits per heavy atom. The maximum absolute atomic E-state index is 13.3. The summed E-state index contributed by atoms with van der Waals surface area (Å²) >= 11 is 11.4. The van der Waals surface area contributed by atoms with Gasteiger partial charge < -0.3 is 14.6 Å². The summed E-state index contributed by atoms with van der Waals surface area (Å²) in [6.07, 6.45) is 2.65. The molecule has 0 aliphatic heterocycles. The van der Waals surface area contributed by atoms with Gasteiger partial charge in [-0.2, -0.15) is 0 Å². The van der Waals surface area contributed by atoms with Gasteiger partial charge in [-0.05, 0) is 61.8 Å². The van der Waals surface area contributed by atoms with Crippen LogP contribution in [0.15, 0.2) is 41.0 Å². The zero-order valence-electron chi connectivity index (χ0n) is 14.1. The van der Waals surface area contributed by atoms with Crippen LogP contribution in [0.5, 0.6) is 0 Å². The summed E-state index contributed by atoms with van der Waals surface area (Å²) in [5, 5.41) is 3.76. The van der Waals surface area contributed by atoms with Crippen LogP contribution in [0.1, 0.15) is 39.0 Å². The van der Waals surface area contributed by atoms with Crippen molar-refractivity contribution < 1.29 is 8.81 Å². The van der Waals surface area contributed by atoms with Crippen LogP contribution in [-0.2, 0) is 0 Å². The van der Waals surface area contributed by atoms with Gasteiger partial charge in [0.1, 0.15) is 11.6 Å². The van der Waals surface area contributed by atoms with Gasteiger partial charge in [-0.15, -0.1) is 0 Å². The van der Waals surface area contributed by atoms with Gasteiger partial charge in [-0.3, -0.25) is 0 Å². The van der Waals surface area contributed by atoms with E-state index in [2.05, 4.69) is 24.1 Å². The number of thiocarbonyl (C=S) groups is 1. The lowest BCUT2D eigenvalue weighted by atomic mass is 10.1. The Labute approximate surface area is 152 Å². The average molecular weight is 369 g/mol. The van der Waals surface area contributed by atoms with Crippen molar-refractivity contribution in [3.63, 3.8) is 0 Å². The number of hydrogen-bond acceptors (Lipinski definition) is 2. The van der Waals surface area contributed by atoms with Crippen LogP contribution in [-0.4, -0.2) is 16.6 Å². The number of furan rings is 1. The van der Waals surface area contributed by atoms with E-state index in [9.17, 15) is 4.39 Å². The summed E-state index contributed by atoms with van der Waals surface area (Å²) in [7, 11) is 0. The number of nitrogens with zero attached hydrogens (tertiary/aromatic N) is 1. The first-order chi connectivity index (χ1) is 11.4. The molecular formula is C18H22ClFN2OS. The molecular weight excluding hydrogens is 347 g/mol. The van der Waals surface area contributed by atoms with Crippen LogP contribution < -0.4 is 5.32 Å².